The molecule has 0 spiro atoms. The highest BCUT2D eigenvalue weighted by atomic mass is 35.5. The van der Waals surface area contributed by atoms with Crippen LogP contribution in [-0.2, 0) is 14.8 Å². The largest absolute Gasteiger partial charge is 0.462 e. The fourth-order valence-electron chi connectivity index (χ4n) is 2.51. The maximum Gasteiger partial charge on any atom is 0.338 e. The number of sulfonamides is 1. The Labute approximate surface area is 143 Å². The van der Waals surface area contributed by atoms with Gasteiger partial charge in [-0.25, -0.2) is 13.2 Å². The Bertz CT molecular complexity index is 613. The van der Waals surface area contributed by atoms with Crippen LogP contribution in [0.2, 0.25) is 0 Å². The van der Waals surface area contributed by atoms with Crippen molar-refractivity contribution in [3.8, 4) is 0 Å². The van der Waals surface area contributed by atoms with E-state index < -0.39 is 16.0 Å². The minimum atomic E-state index is -3.54. The third kappa shape index (κ3) is 4.67. The predicted molar refractivity (Wildman–Crippen MR) is 90.5 cm³/mol. The first kappa shape index (κ1) is 19.9. The van der Waals surface area contributed by atoms with Gasteiger partial charge in [0.25, 0.3) is 0 Å². The van der Waals surface area contributed by atoms with Crippen molar-refractivity contribution in [1.29, 1.82) is 0 Å². The number of rotatable bonds is 5. The average molecular weight is 363 g/mol. The molecule has 0 unspecified atom stereocenters. The smallest absolute Gasteiger partial charge is 0.338 e. The van der Waals surface area contributed by atoms with Gasteiger partial charge in [-0.15, -0.1) is 12.4 Å². The molecular weight excluding hydrogens is 340 g/mol. The highest BCUT2D eigenvalue weighted by Gasteiger charge is 2.29. The summed E-state index contributed by atoms with van der Waals surface area (Å²) in [6, 6.07) is 5.90. The van der Waals surface area contributed by atoms with Crippen LogP contribution in [0, 0.1) is 0 Å². The molecule has 1 fully saturated rings. The van der Waals surface area contributed by atoms with Crippen LogP contribution in [0.25, 0.3) is 0 Å². The van der Waals surface area contributed by atoms with Crippen molar-refractivity contribution in [2.24, 2.45) is 0 Å². The van der Waals surface area contributed by atoms with Gasteiger partial charge in [0.1, 0.15) is 0 Å². The quantitative estimate of drug-likeness (QED) is 0.806. The molecule has 6 nitrogen and oxygen atoms in total. The molecule has 23 heavy (non-hydrogen) atoms. The second kappa shape index (κ2) is 8.63. The van der Waals surface area contributed by atoms with E-state index in [1.807, 2.05) is 0 Å². The van der Waals surface area contributed by atoms with Gasteiger partial charge in [-0.3, -0.25) is 0 Å². The molecule has 0 bridgehead atoms. The molecule has 0 amide bonds. The van der Waals surface area contributed by atoms with Gasteiger partial charge in [0.2, 0.25) is 10.0 Å². The van der Waals surface area contributed by atoms with Crippen LogP contribution < -0.4 is 5.32 Å². The van der Waals surface area contributed by atoms with Crippen LogP contribution >= 0.6 is 12.4 Å². The number of hydrogen-bond donors (Lipinski definition) is 1. The van der Waals surface area contributed by atoms with E-state index in [4.69, 9.17) is 4.74 Å². The van der Waals surface area contributed by atoms with E-state index in [-0.39, 0.29) is 30.0 Å². The Kier molecular flexibility index (Phi) is 7.47. The number of nitrogens with one attached hydrogen (secondary N) is 1. The van der Waals surface area contributed by atoms with Crippen molar-refractivity contribution in [2.45, 2.75) is 30.7 Å². The molecule has 1 heterocycles. The second-order valence-electron chi connectivity index (χ2n) is 5.25. The van der Waals surface area contributed by atoms with Crippen LogP contribution in [0.3, 0.4) is 0 Å². The minimum absolute atomic E-state index is 0. The Hall–Kier alpha value is -1.15. The molecule has 0 saturated carbocycles. The molecule has 130 valence electrons. The highest BCUT2D eigenvalue weighted by molar-refractivity contribution is 7.89. The van der Waals surface area contributed by atoms with Crippen LogP contribution in [-0.4, -0.2) is 51.5 Å². The lowest BCUT2D eigenvalue weighted by atomic mass is 10.1. The lowest BCUT2D eigenvalue weighted by Gasteiger charge is -2.30. The average Bonchev–Trinajstić information content (AvgIpc) is 2.55. The molecule has 0 atom stereocenters. The summed E-state index contributed by atoms with van der Waals surface area (Å²) in [5.41, 5.74) is 0.352. The van der Waals surface area contributed by atoms with Gasteiger partial charge in [-0.2, -0.15) is 4.31 Å². The summed E-state index contributed by atoms with van der Waals surface area (Å²) in [5, 5.41) is 3.22. The summed E-state index contributed by atoms with van der Waals surface area (Å²) in [7, 11) is -1.92. The Morgan fingerprint density at radius 3 is 2.35 bits per heavy atom. The van der Waals surface area contributed by atoms with Gasteiger partial charge in [0, 0.05) is 13.1 Å². The molecule has 1 aromatic carbocycles. The van der Waals surface area contributed by atoms with E-state index in [2.05, 4.69) is 5.32 Å². The highest BCUT2D eigenvalue weighted by Crippen LogP contribution is 2.21. The fourth-order valence-corrected chi connectivity index (χ4v) is 3.93. The summed E-state index contributed by atoms with van der Waals surface area (Å²) in [6.07, 6.45) is 1.60. The maximum absolute atomic E-state index is 12.6. The topological polar surface area (TPSA) is 75.7 Å². The van der Waals surface area contributed by atoms with Crippen molar-refractivity contribution in [3.63, 3.8) is 0 Å². The number of ether oxygens (including phenoxy) is 1. The van der Waals surface area contributed by atoms with Gasteiger partial charge in [-0.05, 0) is 57.1 Å². The standard InChI is InChI=1S/C15H22N2O4S.ClH/c1-3-21-15(18)12-4-6-14(7-5-12)22(19,20)17(2)13-8-10-16-11-9-13;/h4-7,13,16H,3,8-11H2,1-2H3;1H. The normalized spacial score (nSPS) is 16.0. The third-order valence-electron chi connectivity index (χ3n) is 3.87. The van der Waals surface area contributed by atoms with E-state index in [9.17, 15) is 13.2 Å². The molecule has 0 radical (unpaired) electrons. The van der Waals surface area contributed by atoms with Crippen LogP contribution in [0.1, 0.15) is 30.1 Å². The van der Waals surface area contributed by atoms with Crippen LogP contribution in [0.5, 0.6) is 0 Å². The minimum Gasteiger partial charge on any atom is -0.462 e. The molecular formula is C15H23ClN2O4S. The molecule has 1 aliphatic heterocycles. The lowest BCUT2D eigenvalue weighted by Crippen LogP contribution is -2.43. The van der Waals surface area contributed by atoms with Gasteiger partial charge in [0.15, 0.2) is 0 Å². The summed E-state index contributed by atoms with van der Waals surface area (Å²) >= 11 is 0. The molecule has 0 aliphatic carbocycles. The SMILES string of the molecule is CCOC(=O)c1ccc(S(=O)(=O)N(C)C2CCNCC2)cc1.Cl. The number of piperidine rings is 1. The summed E-state index contributed by atoms with van der Waals surface area (Å²) < 4.78 is 31.6. The van der Waals surface area contributed by atoms with E-state index in [1.165, 1.54) is 28.6 Å². The first-order chi connectivity index (χ1) is 10.5. The monoisotopic (exact) mass is 362 g/mol. The Morgan fingerprint density at radius 1 is 1.26 bits per heavy atom. The number of hydrogen-bond acceptors (Lipinski definition) is 5. The second-order valence-corrected chi connectivity index (χ2v) is 7.24. The first-order valence-corrected chi connectivity index (χ1v) is 8.86. The number of benzene rings is 1. The van der Waals surface area contributed by atoms with Crippen molar-refractivity contribution >= 4 is 28.4 Å². The number of carbonyl (C=O) groups excluding carboxylic acids is 1. The first-order valence-electron chi connectivity index (χ1n) is 7.42. The predicted octanol–water partition coefficient (Wildman–Crippen LogP) is 1.66. The Morgan fingerprint density at radius 2 is 1.83 bits per heavy atom. The van der Waals surface area contributed by atoms with Crippen molar-refractivity contribution < 1.29 is 17.9 Å². The zero-order chi connectivity index (χ0) is 16.2. The van der Waals surface area contributed by atoms with E-state index >= 15 is 0 Å². The zero-order valence-corrected chi connectivity index (χ0v) is 15.0. The van der Waals surface area contributed by atoms with E-state index in [1.54, 1.807) is 14.0 Å². The molecule has 2 rings (SSSR count). The van der Waals surface area contributed by atoms with E-state index in [0.29, 0.717) is 5.56 Å². The van der Waals surface area contributed by atoms with Crippen LogP contribution in [0.4, 0.5) is 0 Å². The van der Waals surface area contributed by atoms with Gasteiger partial charge >= 0.3 is 5.97 Å². The maximum atomic E-state index is 12.6. The molecule has 8 heteroatoms. The van der Waals surface area contributed by atoms with Crippen molar-refractivity contribution in [1.82, 2.24) is 9.62 Å². The molecule has 1 saturated heterocycles. The van der Waals surface area contributed by atoms with Crippen molar-refractivity contribution in [2.75, 3.05) is 26.7 Å². The van der Waals surface area contributed by atoms with Gasteiger partial charge in [0.05, 0.1) is 17.1 Å². The summed E-state index contributed by atoms with van der Waals surface area (Å²) in [6.45, 7) is 3.67. The molecule has 1 aromatic rings. The number of halogens is 1. The lowest BCUT2D eigenvalue weighted by molar-refractivity contribution is 0.0526. The van der Waals surface area contributed by atoms with Gasteiger partial charge in [-0.1, -0.05) is 0 Å². The van der Waals surface area contributed by atoms with Crippen molar-refractivity contribution in [3.05, 3.63) is 29.8 Å². The summed E-state index contributed by atoms with van der Waals surface area (Å²) in [5.74, 6) is -0.446. The van der Waals surface area contributed by atoms with Crippen LogP contribution in [0.15, 0.2) is 29.2 Å². The number of nitrogens with zero attached hydrogens (tertiary/aromatic N) is 1. The molecule has 1 N–H and O–H groups in total. The Balaban J connectivity index is 0.00000264. The van der Waals surface area contributed by atoms with Gasteiger partial charge < -0.3 is 10.1 Å². The molecule has 1 aliphatic rings. The number of esters is 1. The fraction of sp³-hybridized carbons (Fsp3) is 0.533. The van der Waals surface area contributed by atoms with E-state index in [0.717, 1.165) is 25.9 Å². The number of carbonyl (C=O) groups is 1. The molecule has 0 aromatic heterocycles. The zero-order valence-electron chi connectivity index (χ0n) is 13.3. The third-order valence-corrected chi connectivity index (χ3v) is 5.79. The summed E-state index contributed by atoms with van der Waals surface area (Å²) in [4.78, 5) is 11.8.